The van der Waals surface area contributed by atoms with Crippen molar-refractivity contribution < 1.29 is 23.5 Å². The van der Waals surface area contributed by atoms with Crippen molar-refractivity contribution in [2.75, 3.05) is 6.61 Å². The first kappa shape index (κ1) is 27.1. The SMILES string of the molecule is CCOC(=O)c1c(C)c(C(=O)C(C)N(Cc2ccc(F)cc2)C(=O)NC(C)(C)C)c(C)n1CC. The number of ketones is 1. The van der Waals surface area contributed by atoms with E-state index in [-0.39, 0.29) is 24.8 Å². The molecule has 1 aromatic heterocycles. The molecule has 0 fully saturated rings. The number of carbonyl (C=O) groups excluding carboxylic acids is 3. The number of esters is 1. The minimum atomic E-state index is -0.840. The normalized spacial score (nSPS) is 12.3. The second-order valence-corrected chi connectivity index (χ2v) is 9.37. The van der Waals surface area contributed by atoms with E-state index in [1.54, 1.807) is 44.4 Å². The first-order valence-corrected chi connectivity index (χ1v) is 11.6. The van der Waals surface area contributed by atoms with Gasteiger partial charge in [0.05, 0.1) is 12.6 Å². The number of amides is 2. The highest BCUT2D eigenvalue weighted by atomic mass is 19.1. The van der Waals surface area contributed by atoms with Gasteiger partial charge in [-0.25, -0.2) is 14.0 Å². The number of nitrogens with one attached hydrogen (secondary N) is 1. The molecule has 7 nitrogen and oxygen atoms in total. The van der Waals surface area contributed by atoms with E-state index in [4.69, 9.17) is 4.74 Å². The molecule has 2 rings (SSSR count). The first-order chi connectivity index (χ1) is 15.8. The van der Waals surface area contributed by atoms with Crippen molar-refractivity contribution in [3.8, 4) is 0 Å². The van der Waals surface area contributed by atoms with Gasteiger partial charge < -0.3 is 19.5 Å². The maximum atomic E-state index is 13.8. The van der Waals surface area contributed by atoms with Crippen molar-refractivity contribution in [1.82, 2.24) is 14.8 Å². The molecule has 0 aliphatic heterocycles. The molecule has 0 bridgehead atoms. The lowest BCUT2D eigenvalue weighted by atomic mass is 9.99. The van der Waals surface area contributed by atoms with Crippen LogP contribution in [0, 0.1) is 19.7 Å². The quantitative estimate of drug-likeness (QED) is 0.431. The van der Waals surface area contributed by atoms with Crippen LogP contribution >= 0.6 is 0 Å². The summed E-state index contributed by atoms with van der Waals surface area (Å²) in [4.78, 5) is 41.0. The van der Waals surface area contributed by atoms with Crippen LogP contribution in [0.4, 0.5) is 9.18 Å². The van der Waals surface area contributed by atoms with E-state index in [0.29, 0.717) is 34.6 Å². The highest BCUT2D eigenvalue weighted by Gasteiger charge is 2.34. The van der Waals surface area contributed by atoms with E-state index in [0.717, 1.165) is 0 Å². The van der Waals surface area contributed by atoms with Gasteiger partial charge in [0.25, 0.3) is 0 Å². The summed E-state index contributed by atoms with van der Waals surface area (Å²) in [5, 5.41) is 2.91. The summed E-state index contributed by atoms with van der Waals surface area (Å²) in [5.41, 5.74) is 2.11. The molecule has 186 valence electrons. The van der Waals surface area contributed by atoms with E-state index in [2.05, 4.69) is 5.32 Å². The Morgan fingerprint density at radius 3 is 2.21 bits per heavy atom. The van der Waals surface area contributed by atoms with Gasteiger partial charge in [0.15, 0.2) is 5.78 Å². The Hall–Kier alpha value is -3.16. The summed E-state index contributed by atoms with van der Waals surface area (Å²) in [6.45, 7) is 15.2. The van der Waals surface area contributed by atoms with Crippen LogP contribution < -0.4 is 5.32 Å². The van der Waals surface area contributed by atoms with Crippen LogP contribution in [-0.2, 0) is 17.8 Å². The molecule has 1 atom stereocenters. The lowest BCUT2D eigenvalue weighted by molar-refractivity contribution is 0.0512. The number of Topliss-reactive ketones (excluding diaryl/α,β-unsaturated/α-hetero) is 1. The monoisotopic (exact) mass is 473 g/mol. The lowest BCUT2D eigenvalue weighted by Crippen LogP contribution is -2.52. The van der Waals surface area contributed by atoms with Gasteiger partial charge in [-0.05, 0) is 78.6 Å². The predicted octanol–water partition coefficient (Wildman–Crippen LogP) is 5.02. The van der Waals surface area contributed by atoms with Gasteiger partial charge in [-0.15, -0.1) is 0 Å². The molecule has 2 amide bonds. The van der Waals surface area contributed by atoms with Crippen LogP contribution in [0.3, 0.4) is 0 Å². The minimum Gasteiger partial charge on any atom is -0.461 e. The number of ether oxygens (including phenoxy) is 1. The third kappa shape index (κ3) is 6.04. The topological polar surface area (TPSA) is 80.6 Å². The highest BCUT2D eigenvalue weighted by Crippen LogP contribution is 2.26. The van der Waals surface area contributed by atoms with E-state index in [9.17, 15) is 18.8 Å². The van der Waals surface area contributed by atoms with Crippen LogP contribution in [0.2, 0.25) is 0 Å². The largest absolute Gasteiger partial charge is 0.461 e. The van der Waals surface area contributed by atoms with Gasteiger partial charge >= 0.3 is 12.0 Å². The fourth-order valence-corrected chi connectivity index (χ4v) is 4.03. The predicted molar refractivity (Wildman–Crippen MR) is 130 cm³/mol. The molecule has 1 aromatic carbocycles. The number of hydrogen-bond donors (Lipinski definition) is 1. The van der Waals surface area contributed by atoms with Crippen molar-refractivity contribution >= 4 is 17.8 Å². The van der Waals surface area contributed by atoms with Gasteiger partial charge in [0, 0.05) is 29.9 Å². The number of benzene rings is 1. The third-order valence-electron chi connectivity index (χ3n) is 5.65. The second kappa shape index (κ2) is 10.8. The van der Waals surface area contributed by atoms with Crippen molar-refractivity contribution in [3.63, 3.8) is 0 Å². The van der Waals surface area contributed by atoms with E-state index < -0.39 is 23.6 Å². The number of hydrogen-bond acceptors (Lipinski definition) is 4. The number of nitrogens with zero attached hydrogens (tertiary/aromatic N) is 2. The maximum Gasteiger partial charge on any atom is 0.355 e. The Morgan fingerprint density at radius 1 is 1.12 bits per heavy atom. The van der Waals surface area contributed by atoms with Crippen molar-refractivity contribution in [1.29, 1.82) is 0 Å². The number of urea groups is 1. The molecule has 34 heavy (non-hydrogen) atoms. The Kier molecular flexibility index (Phi) is 8.64. The van der Waals surface area contributed by atoms with Crippen LogP contribution in [0.15, 0.2) is 24.3 Å². The van der Waals surface area contributed by atoms with Crippen molar-refractivity contribution in [3.05, 3.63) is 58.2 Å². The molecule has 0 aliphatic rings. The average Bonchev–Trinajstić information content (AvgIpc) is 3.00. The molecule has 0 radical (unpaired) electrons. The van der Waals surface area contributed by atoms with E-state index >= 15 is 0 Å². The number of carbonyl (C=O) groups is 3. The van der Waals surface area contributed by atoms with Crippen LogP contribution in [-0.4, -0.2) is 45.4 Å². The molecule has 2 aromatic rings. The standard InChI is InChI=1S/C26H36FN3O4/c1-9-29-17(4)21(16(3)22(29)24(32)34-10-2)23(31)18(5)30(25(33)28-26(6,7)8)15-19-11-13-20(27)14-12-19/h11-14,18H,9-10,15H2,1-8H3,(H,28,33). The number of halogens is 1. The Bertz CT molecular complexity index is 1050. The maximum absolute atomic E-state index is 13.8. The molecular weight excluding hydrogens is 437 g/mol. The zero-order valence-electron chi connectivity index (χ0n) is 21.4. The first-order valence-electron chi connectivity index (χ1n) is 11.6. The molecule has 8 heteroatoms. The summed E-state index contributed by atoms with van der Waals surface area (Å²) in [6, 6.07) is 4.58. The Labute approximate surface area is 201 Å². The third-order valence-corrected chi connectivity index (χ3v) is 5.65. The van der Waals surface area contributed by atoms with Crippen LogP contribution in [0.1, 0.15) is 79.2 Å². The summed E-state index contributed by atoms with van der Waals surface area (Å²) in [7, 11) is 0. The molecule has 0 aliphatic carbocycles. The lowest BCUT2D eigenvalue weighted by Gasteiger charge is -2.32. The highest BCUT2D eigenvalue weighted by molar-refractivity contribution is 6.06. The molecular formula is C26H36FN3O4. The fourth-order valence-electron chi connectivity index (χ4n) is 4.03. The zero-order chi connectivity index (χ0) is 25.8. The van der Waals surface area contributed by atoms with E-state index in [1.165, 1.54) is 17.0 Å². The Balaban J connectivity index is 2.50. The molecule has 1 heterocycles. The van der Waals surface area contributed by atoms with Crippen molar-refractivity contribution in [2.45, 2.75) is 80.1 Å². The Morgan fingerprint density at radius 2 is 1.71 bits per heavy atom. The minimum absolute atomic E-state index is 0.117. The number of rotatable bonds is 8. The summed E-state index contributed by atoms with van der Waals surface area (Å²) >= 11 is 0. The van der Waals surface area contributed by atoms with Crippen LogP contribution in [0.5, 0.6) is 0 Å². The summed E-state index contributed by atoms with van der Waals surface area (Å²) < 4.78 is 20.4. The van der Waals surface area contributed by atoms with Gasteiger partial charge in [-0.1, -0.05) is 12.1 Å². The van der Waals surface area contributed by atoms with Gasteiger partial charge in [-0.2, -0.15) is 0 Å². The zero-order valence-corrected chi connectivity index (χ0v) is 21.4. The molecule has 1 unspecified atom stereocenters. The number of aromatic nitrogens is 1. The van der Waals surface area contributed by atoms with E-state index in [1.807, 2.05) is 27.7 Å². The average molecular weight is 474 g/mol. The fraction of sp³-hybridized carbons (Fsp3) is 0.500. The smallest absolute Gasteiger partial charge is 0.355 e. The molecule has 0 saturated carbocycles. The summed E-state index contributed by atoms with van der Waals surface area (Å²) in [5.74, 6) is -1.14. The van der Waals surface area contributed by atoms with Crippen LogP contribution in [0.25, 0.3) is 0 Å². The molecule has 0 spiro atoms. The van der Waals surface area contributed by atoms with Gasteiger partial charge in [0.2, 0.25) is 0 Å². The summed E-state index contributed by atoms with van der Waals surface area (Å²) in [6.07, 6.45) is 0. The molecule has 0 saturated heterocycles. The second-order valence-electron chi connectivity index (χ2n) is 9.37. The van der Waals surface area contributed by atoms with Gasteiger partial charge in [0.1, 0.15) is 11.5 Å². The van der Waals surface area contributed by atoms with Crippen molar-refractivity contribution in [2.24, 2.45) is 0 Å². The molecule has 1 N–H and O–H groups in total. The van der Waals surface area contributed by atoms with Gasteiger partial charge in [-0.3, -0.25) is 4.79 Å².